The zero-order valence-electron chi connectivity index (χ0n) is 13.6. The molecule has 3 rings (SSSR count). The van der Waals surface area contributed by atoms with Gasteiger partial charge in [0.05, 0.1) is 12.1 Å². The summed E-state index contributed by atoms with van der Waals surface area (Å²) in [5.74, 6) is -0.951. The van der Waals surface area contributed by atoms with Crippen molar-refractivity contribution in [1.29, 1.82) is 0 Å². The molecule has 1 saturated heterocycles. The normalized spacial score (nSPS) is 17.0. The summed E-state index contributed by atoms with van der Waals surface area (Å²) in [5.41, 5.74) is 3.25. The SMILES string of the molecule is Cc1c(C(=O)N2CCCC2CC(=O)O)cccc1-c1ccccn1. The van der Waals surface area contributed by atoms with Gasteiger partial charge in [0.1, 0.15) is 0 Å². The highest BCUT2D eigenvalue weighted by Gasteiger charge is 2.31. The standard InChI is InChI=1S/C19H20N2O3/c1-13-15(17-9-2-3-10-20-17)7-4-8-16(13)19(24)21-11-5-6-14(21)12-18(22)23/h2-4,7-10,14H,5-6,11-12H2,1H3,(H,22,23). The number of nitrogens with zero attached hydrogens (tertiary/aromatic N) is 2. The summed E-state index contributed by atoms with van der Waals surface area (Å²) in [6.45, 7) is 2.53. The Hall–Kier alpha value is -2.69. The van der Waals surface area contributed by atoms with Gasteiger partial charge < -0.3 is 10.0 Å². The van der Waals surface area contributed by atoms with Gasteiger partial charge in [-0.2, -0.15) is 0 Å². The third-order valence-corrected chi connectivity index (χ3v) is 4.55. The number of hydrogen-bond donors (Lipinski definition) is 1. The van der Waals surface area contributed by atoms with E-state index < -0.39 is 5.97 Å². The Morgan fingerprint density at radius 2 is 2.08 bits per heavy atom. The lowest BCUT2D eigenvalue weighted by atomic mass is 9.98. The van der Waals surface area contributed by atoms with Gasteiger partial charge in [0, 0.05) is 29.9 Å². The largest absolute Gasteiger partial charge is 0.481 e. The van der Waals surface area contributed by atoms with E-state index in [2.05, 4.69) is 4.98 Å². The third kappa shape index (κ3) is 3.15. The fraction of sp³-hybridized carbons (Fsp3) is 0.316. The second-order valence-electron chi connectivity index (χ2n) is 6.09. The molecular weight excluding hydrogens is 304 g/mol. The van der Waals surface area contributed by atoms with Gasteiger partial charge in [0.15, 0.2) is 0 Å². The summed E-state index contributed by atoms with van der Waals surface area (Å²) < 4.78 is 0. The minimum Gasteiger partial charge on any atom is -0.481 e. The lowest BCUT2D eigenvalue weighted by Gasteiger charge is -2.24. The smallest absolute Gasteiger partial charge is 0.305 e. The Morgan fingerprint density at radius 1 is 1.25 bits per heavy atom. The van der Waals surface area contributed by atoms with Crippen LogP contribution in [0.4, 0.5) is 0 Å². The van der Waals surface area contributed by atoms with Crippen LogP contribution in [-0.2, 0) is 4.79 Å². The molecule has 0 saturated carbocycles. The number of carbonyl (C=O) groups is 2. The molecule has 5 nitrogen and oxygen atoms in total. The number of amides is 1. The van der Waals surface area contributed by atoms with Gasteiger partial charge in [-0.3, -0.25) is 14.6 Å². The summed E-state index contributed by atoms with van der Waals surface area (Å²) >= 11 is 0. The lowest BCUT2D eigenvalue weighted by Crippen LogP contribution is -2.37. The van der Waals surface area contributed by atoms with Crippen LogP contribution in [0, 0.1) is 6.92 Å². The van der Waals surface area contributed by atoms with Gasteiger partial charge in [-0.05, 0) is 43.5 Å². The molecule has 0 bridgehead atoms. The molecule has 1 atom stereocenters. The van der Waals surface area contributed by atoms with Crippen molar-refractivity contribution < 1.29 is 14.7 Å². The molecule has 2 aromatic rings. The first-order valence-electron chi connectivity index (χ1n) is 8.11. The number of aromatic nitrogens is 1. The number of aliphatic carboxylic acids is 1. The minimum absolute atomic E-state index is 0.00468. The molecule has 0 spiro atoms. The van der Waals surface area contributed by atoms with Crippen molar-refractivity contribution in [3.63, 3.8) is 0 Å². The summed E-state index contributed by atoms with van der Waals surface area (Å²) in [6.07, 6.45) is 3.33. The van der Waals surface area contributed by atoms with E-state index in [-0.39, 0.29) is 18.4 Å². The van der Waals surface area contributed by atoms with E-state index in [1.807, 2.05) is 37.3 Å². The Labute approximate surface area is 140 Å². The second kappa shape index (κ2) is 6.83. The van der Waals surface area contributed by atoms with Crippen LogP contribution >= 0.6 is 0 Å². The van der Waals surface area contributed by atoms with Gasteiger partial charge in [0.25, 0.3) is 5.91 Å². The molecule has 1 fully saturated rings. The van der Waals surface area contributed by atoms with Gasteiger partial charge in [0.2, 0.25) is 0 Å². The van der Waals surface area contributed by atoms with Crippen molar-refractivity contribution in [2.24, 2.45) is 0 Å². The van der Waals surface area contributed by atoms with E-state index in [9.17, 15) is 9.59 Å². The molecule has 124 valence electrons. The van der Waals surface area contributed by atoms with Crippen LogP contribution in [0.25, 0.3) is 11.3 Å². The van der Waals surface area contributed by atoms with Crippen LogP contribution in [0.2, 0.25) is 0 Å². The van der Waals surface area contributed by atoms with Crippen LogP contribution < -0.4 is 0 Å². The molecule has 0 radical (unpaired) electrons. The average Bonchev–Trinajstić information content (AvgIpc) is 3.02. The average molecular weight is 324 g/mol. The van der Waals surface area contributed by atoms with Crippen molar-refractivity contribution in [3.8, 4) is 11.3 Å². The number of likely N-dealkylation sites (tertiary alicyclic amines) is 1. The molecule has 1 unspecified atom stereocenters. The van der Waals surface area contributed by atoms with E-state index in [0.717, 1.165) is 29.7 Å². The second-order valence-corrected chi connectivity index (χ2v) is 6.09. The Kier molecular flexibility index (Phi) is 4.60. The van der Waals surface area contributed by atoms with E-state index in [0.29, 0.717) is 12.1 Å². The maximum Gasteiger partial charge on any atom is 0.305 e. The van der Waals surface area contributed by atoms with E-state index >= 15 is 0 Å². The molecular formula is C19H20N2O3. The summed E-state index contributed by atoms with van der Waals surface area (Å²) in [6, 6.07) is 11.1. The number of carbonyl (C=O) groups excluding carboxylic acids is 1. The van der Waals surface area contributed by atoms with E-state index in [1.165, 1.54) is 0 Å². The molecule has 2 heterocycles. The molecule has 1 aromatic heterocycles. The summed E-state index contributed by atoms with van der Waals surface area (Å²) in [4.78, 5) is 30.0. The first kappa shape index (κ1) is 16.2. The van der Waals surface area contributed by atoms with Gasteiger partial charge in [-0.25, -0.2) is 0 Å². The van der Waals surface area contributed by atoms with E-state index in [4.69, 9.17) is 5.11 Å². The number of rotatable bonds is 4. The Morgan fingerprint density at radius 3 is 2.79 bits per heavy atom. The molecule has 1 aliphatic rings. The molecule has 1 amide bonds. The van der Waals surface area contributed by atoms with Crippen molar-refractivity contribution in [1.82, 2.24) is 9.88 Å². The topological polar surface area (TPSA) is 70.5 Å². The maximum atomic E-state index is 13.0. The van der Waals surface area contributed by atoms with Gasteiger partial charge in [-0.1, -0.05) is 18.2 Å². The number of carboxylic acid groups (broad SMARTS) is 1. The van der Waals surface area contributed by atoms with Gasteiger partial charge in [-0.15, -0.1) is 0 Å². The summed E-state index contributed by atoms with van der Waals surface area (Å²) in [5, 5.41) is 9.05. The highest BCUT2D eigenvalue weighted by molar-refractivity contribution is 5.98. The van der Waals surface area contributed by atoms with Crippen LogP contribution in [-0.4, -0.2) is 39.5 Å². The predicted molar refractivity (Wildman–Crippen MR) is 90.7 cm³/mol. The lowest BCUT2D eigenvalue weighted by molar-refractivity contribution is -0.137. The van der Waals surface area contributed by atoms with Crippen LogP contribution in [0.5, 0.6) is 0 Å². The van der Waals surface area contributed by atoms with Crippen molar-refractivity contribution >= 4 is 11.9 Å². The summed E-state index contributed by atoms with van der Waals surface area (Å²) in [7, 11) is 0. The highest BCUT2D eigenvalue weighted by Crippen LogP contribution is 2.28. The minimum atomic E-state index is -0.862. The predicted octanol–water partition coefficient (Wildman–Crippen LogP) is 3.14. The molecule has 1 aromatic carbocycles. The van der Waals surface area contributed by atoms with Gasteiger partial charge >= 0.3 is 5.97 Å². The maximum absolute atomic E-state index is 13.0. The first-order chi connectivity index (χ1) is 11.6. The van der Waals surface area contributed by atoms with Crippen LogP contribution in [0.3, 0.4) is 0 Å². The quantitative estimate of drug-likeness (QED) is 0.938. The molecule has 0 aliphatic carbocycles. The molecule has 1 N–H and O–H groups in total. The Bertz CT molecular complexity index is 758. The van der Waals surface area contributed by atoms with Crippen molar-refractivity contribution in [3.05, 3.63) is 53.7 Å². The molecule has 24 heavy (non-hydrogen) atoms. The monoisotopic (exact) mass is 324 g/mol. The third-order valence-electron chi connectivity index (χ3n) is 4.55. The zero-order chi connectivity index (χ0) is 17.1. The number of carboxylic acids is 1. The van der Waals surface area contributed by atoms with Crippen molar-refractivity contribution in [2.45, 2.75) is 32.2 Å². The first-order valence-corrected chi connectivity index (χ1v) is 8.11. The zero-order valence-corrected chi connectivity index (χ0v) is 13.6. The number of benzene rings is 1. The van der Waals surface area contributed by atoms with Crippen molar-refractivity contribution in [2.75, 3.05) is 6.54 Å². The molecule has 5 heteroatoms. The van der Waals surface area contributed by atoms with Crippen LogP contribution in [0.1, 0.15) is 35.2 Å². The van der Waals surface area contributed by atoms with Crippen LogP contribution in [0.15, 0.2) is 42.6 Å². The Balaban J connectivity index is 1.92. The molecule has 1 aliphatic heterocycles. The number of hydrogen-bond acceptors (Lipinski definition) is 3. The van der Waals surface area contributed by atoms with E-state index in [1.54, 1.807) is 17.2 Å². The highest BCUT2D eigenvalue weighted by atomic mass is 16.4. The number of pyridine rings is 1. The fourth-order valence-electron chi connectivity index (χ4n) is 3.34. The fourth-order valence-corrected chi connectivity index (χ4v) is 3.34.